The number of halogens is 3. The molecule has 0 radical (unpaired) electrons. The molecule has 0 bridgehead atoms. The third-order valence-electron chi connectivity index (χ3n) is 3.28. The van der Waals surface area contributed by atoms with Gasteiger partial charge in [0.25, 0.3) is 0 Å². The van der Waals surface area contributed by atoms with Crippen molar-refractivity contribution in [1.82, 2.24) is 0 Å². The minimum Gasteiger partial charge on any atom is -0.207 e. The Bertz CT molecular complexity index is 781. The van der Waals surface area contributed by atoms with Gasteiger partial charge in [0.2, 0.25) is 0 Å². The number of hydrogen-bond acceptors (Lipinski definition) is 1. The molecule has 3 rings (SSSR count). The van der Waals surface area contributed by atoms with Gasteiger partial charge in [-0.3, -0.25) is 0 Å². The highest BCUT2D eigenvalue weighted by molar-refractivity contribution is 9.10. The molecule has 1 unspecified atom stereocenters. The number of rotatable bonds is 2. The minimum absolute atomic E-state index is 0.251. The summed E-state index contributed by atoms with van der Waals surface area (Å²) in [5, 5.41) is 2.61. The summed E-state index contributed by atoms with van der Waals surface area (Å²) in [7, 11) is 0. The van der Waals surface area contributed by atoms with Crippen molar-refractivity contribution in [1.29, 1.82) is 0 Å². The lowest BCUT2D eigenvalue weighted by Crippen LogP contribution is -1.96. The Hall–Kier alpha value is -0.900. The second-order valence-corrected chi connectivity index (χ2v) is 6.87. The van der Waals surface area contributed by atoms with Crippen LogP contribution in [0.15, 0.2) is 46.3 Å². The Morgan fingerprint density at radius 3 is 2.75 bits per heavy atom. The van der Waals surface area contributed by atoms with E-state index in [1.807, 2.05) is 36.6 Å². The summed E-state index contributed by atoms with van der Waals surface area (Å²) in [5.74, 6) is -0.251. The van der Waals surface area contributed by atoms with Crippen molar-refractivity contribution >= 4 is 49.0 Å². The van der Waals surface area contributed by atoms with E-state index in [0.29, 0.717) is 5.56 Å². The van der Waals surface area contributed by atoms with E-state index in [0.717, 1.165) is 25.7 Å². The zero-order valence-corrected chi connectivity index (χ0v) is 13.8. The predicted octanol–water partition coefficient (Wildman–Crippen LogP) is 6.44. The van der Waals surface area contributed by atoms with Gasteiger partial charge in [-0.15, -0.1) is 22.9 Å². The Kier molecular flexibility index (Phi) is 3.85. The van der Waals surface area contributed by atoms with Gasteiger partial charge in [-0.1, -0.05) is 24.3 Å². The molecule has 0 N–H and O–H groups in total. The van der Waals surface area contributed by atoms with Crippen LogP contribution in [0.1, 0.15) is 22.1 Å². The maximum Gasteiger partial charge on any atom is 0.128 e. The second kappa shape index (κ2) is 5.47. The normalized spacial score (nSPS) is 12.8. The molecule has 1 aromatic heterocycles. The van der Waals surface area contributed by atoms with Crippen LogP contribution in [0.5, 0.6) is 0 Å². The highest BCUT2D eigenvalue weighted by atomic mass is 79.9. The average Bonchev–Trinajstić information content (AvgIpc) is 2.83. The van der Waals surface area contributed by atoms with Gasteiger partial charge in [-0.2, -0.15) is 0 Å². The Labute approximate surface area is 134 Å². The number of fused-ring (bicyclic) bond motifs is 1. The molecule has 3 aromatic rings. The van der Waals surface area contributed by atoms with Crippen molar-refractivity contribution < 1.29 is 4.39 Å². The standard InChI is InChI=1S/C16H11BrClFS/c1-9-5-6-11(14(19)7-9)15(18)12-8-20-16-10(12)3-2-4-13(16)17/h2-8,15H,1H3. The first kappa shape index (κ1) is 14.1. The van der Waals surface area contributed by atoms with Crippen molar-refractivity contribution in [3.05, 3.63) is 68.8 Å². The maximum atomic E-state index is 14.1. The summed E-state index contributed by atoms with van der Waals surface area (Å²) >= 11 is 11.7. The van der Waals surface area contributed by atoms with Gasteiger partial charge in [0.1, 0.15) is 5.82 Å². The zero-order chi connectivity index (χ0) is 14.3. The van der Waals surface area contributed by atoms with Crippen molar-refractivity contribution in [2.75, 3.05) is 0 Å². The first-order valence-electron chi connectivity index (χ1n) is 6.13. The molecule has 0 aliphatic carbocycles. The van der Waals surface area contributed by atoms with Crippen LogP contribution in [0, 0.1) is 12.7 Å². The molecule has 0 aliphatic heterocycles. The van der Waals surface area contributed by atoms with Crippen molar-refractivity contribution in [3.8, 4) is 0 Å². The van der Waals surface area contributed by atoms with Gasteiger partial charge in [-0.25, -0.2) is 4.39 Å². The highest BCUT2D eigenvalue weighted by Crippen LogP contribution is 2.40. The summed E-state index contributed by atoms with van der Waals surface area (Å²) in [6.45, 7) is 1.87. The first-order chi connectivity index (χ1) is 9.58. The molecular formula is C16H11BrClFS. The molecule has 102 valence electrons. The minimum atomic E-state index is -0.473. The summed E-state index contributed by atoms with van der Waals surface area (Å²) in [4.78, 5) is 0. The zero-order valence-electron chi connectivity index (χ0n) is 10.7. The molecule has 0 amide bonds. The van der Waals surface area contributed by atoms with Crippen molar-refractivity contribution in [2.45, 2.75) is 12.3 Å². The van der Waals surface area contributed by atoms with Crippen LogP contribution in [0.25, 0.3) is 10.1 Å². The van der Waals surface area contributed by atoms with Gasteiger partial charge in [-0.05, 0) is 56.9 Å². The summed E-state index contributed by atoms with van der Waals surface area (Å²) in [6, 6.07) is 11.2. The first-order valence-corrected chi connectivity index (χ1v) is 8.24. The van der Waals surface area contributed by atoms with Crippen molar-refractivity contribution in [3.63, 3.8) is 0 Å². The van der Waals surface area contributed by atoms with Gasteiger partial charge in [0.05, 0.1) is 5.38 Å². The lowest BCUT2D eigenvalue weighted by molar-refractivity contribution is 0.611. The van der Waals surface area contributed by atoms with Gasteiger partial charge >= 0.3 is 0 Å². The fourth-order valence-electron chi connectivity index (χ4n) is 2.24. The van der Waals surface area contributed by atoms with E-state index in [9.17, 15) is 4.39 Å². The topological polar surface area (TPSA) is 0 Å². The van der Waals surface area contributed by atoms with Gasteiger partial charge in [0.15, 0.2) is 0 Å². The Morgan fingerprint density at radius 1 is 1.20 bits per heavy atom. The third kappa shape index (κ3) is 2.39. The average molecular weight is 370 g/mol. The van der Waals surface area contributed by atoms with Crippen LogP contribution in [0.4, 0.5) is 4.39 Å². The molecule has 0 nitrogen and oxygen atoms in total. The fourth-order valence-corrected chi connectivity index (χ4v) is 4.32. The fraction of sp³-hybridized carbons (Fsp3) is 0.125. The molecule has 0 spiro atoms. The molecule has 0 saturated carbocycles. The van der Waals surface area contributed by atoms with Crippen LogP contribution < -0.4 is 0 Å². The molecule has 4 heteroatoms. The molecule has 0 aliphatic rings. The van der Waals surface area contributed by atoms with Crippen LogP contribution in [0.2, 0.25) is 0 Å². The predicted molar refractivity (Wildman–Crippen MR) is 88.4 cm³/mol. The summed E-state index contributed by atoms with van der Waals surface area (Å²) in [6.07, 6.45) is 0. The lowest BCUT2D eigenvalue weighted by atomic mass is 10.0. The molecular weight excluding hydrogens is 359 g/mol. The molecule has 0 fully saturated rings. The number of benzene rings is 2. The number of hydrogen-bond donors (Lipinski definition) is 0. The van der Waals surface area contributed by atoms with Crippen LogP contribution in [-0.4, -0.2) is 0 Å². The van der Waals surface area contributed by atoms with E-state index in [1.165, 1.54) is 6.07 Å². The number of thiophene rings is 1. The van der Waals surface area contributed by atoms with E-state index < -0.39 is 5.38 Å². The van der Waals surface area contributed by atoms with E-state index in [1.54, 1.807) is 17.4 Å². The Morgan fingerprint density at radius 2 is 2.00 bits per heavy atom. The van der Waals surface area contributed by atoms with E-state index in [4.69, 9.17) is 11.6 Å². The second-order valence-electron chi connectivity index (χ2n) is 4.70. The van der Waals surface area contributed by atoms with E-state index >= 15 is 0 Å². The summed E-state index contributed by atoms with van der Waals surface area (Å²) in [5.41, 5.74) is 2.38. The molecule has 2 aromatic carbocycles. The number of alkyl halides is 1. The molecule has 0 saturated heterocycles. The third-order valence-corrected chi connectivity index (χ3v) is 5.72. The smallest absolute Gasteiger partial charge is 0.128 e. The molecule has 1 atom stereocenters. The quantitative estimate of drug-likeness (QED) is 0.456. The van der Waals surface area contributed by atoms with Gasteiger partial charge < -0.3 is 0 Å². The van der Waals surface area contributed by atoms with Crippen LogP contribution >= 0.6 is 38.9 Å². The van der Waals surface area contributed by atoms with Crippen molar-refractivity contribution in [2.24, 2.45) is 0 Å². The molecule has 20 heavy (non-hydrogen) atoms. The Balaban J connectivity index is 2.13. The van der Waals surface area contributed by atoms with Crippen LogP contribution in [-0.2, 0) is 0 Å². The largest absolute Gasteiger partial charge is 0.207 e. The maximum absolute atomic E-state index is 14.1. The molecule has 1 heterocycles. The van der Waals surface area contributed by atoms with E-state index in [-0.39, 0.29) is 5.82 Å². The summed E-state index contributed by atoms with van der Waals surface area (Å²) < 4.78 is 16.3. The highest BCUT2D eigenvalue weighted by Gasteiger charge is 2.19. The van der Waals surface area contributed by atoms with E-state index in [2.05, 4.69) is 15.9 Å². The monoisotopic (exact) mass is 368 g/mol. The SMILES string of the molecule is Cc1ccc(C(Cl)c2csc3c(Br)cccc23)c(F)c1. The lowest BCUT2D eigenvalue weighted by Gasteiger charge is -2.11. The van der Waals surface area contributed by atoms with Crippen LogP contribution in [0.3, 0.4) is 0 Å². The van der Waals surface area contributed by atoms with Gasteiger partial charge in [0, 0.05) is 14.7 Å². The number of aryl methyl sites for hydroxylation is 1.